The fraction of sp³-hybridized carbons (Fsp3) is 0.208. The molecule has 1 amide bonds. The quantitative estimate of drug-likeness (QED) is 0.390. The monoisotopic (exact) mass is 472 g/mol. The number of carbonyl (C=O) groups excluding carboxylic acids is 1. The maximum absolute atomic E-state index is 14.4. The molecule has 0 bridgehead atoms. The van der Waals surface area contributed by atoms with Crippen molar-refractivity contribution in [2.75, 3.05) is 6.54 Å². The first-order chi connectivity index (χ1) is 15.8. The number of imidazole rings is 1. The molecule has 4 rings (SSSR count). The number of pyridine rings is 1. The third-order valence-corrected chi connectivity index (χ3v) is 5.59. The van der Waals surface area contributed by atoms with Crippen molar-refractivity contribution >= 4 is 28.3 Å². The molecule has 0 spiro atoms. The van der Waals surface area contributed by atoms with Gasteiger partial charge in [0.1, 0.15) is 23.3 Å². The SMILES string of the molecule is CC(C)n1ccnc1CCNC(=O)c1ccc2c(Cl)cnc(-c3c(F)cc(F)cc3F)c2c1. The normalized spacial score (nSPS) is 11.4. The largest absolute Gasteiger partial charge is 0.352 e. The van der Waals surface area contributed by atoms with Crippen molar-refractivity contribution in [2.45, 2.75) is 26.3 Å². The van der Waals surface area contributed by atoms with E-state index >= 15 is 0 Å². The minimum Gasteiger partial charge on any atom is -0.352 e. The van der Waals surface area contributed by atoms with Gasteiger partial charge in [-0.25, -0.2) is 18.2 Å². The van der Waals surface area contributed by atoms with E-state index < -0.39 is 23.0 Å². The van der Waals surface area contributed by atoms with Crippen LogP contribution >= 0.6 is 11.6 Å². The first kappa shape index (κ1) is 22.8. The summed E-state index contributed by atoms with van der Waals surface area (Å²) in [4.78, 5) is 21.1. The van der Waals surface area contributed by atoms with Crippen molar-refractivity contribution in [3.05, 3.63) is 82.8 Å². The Morgan fingerprint density at radius 1 is 1.09 bits per heavy atom. The summed E-state index contributed by atoms with van der Waals surface area (Å²) < 4.78 is 44.3. The number of nitrogens with one attached hydrogen (secondary N) is 1. The number of carbonyl (C=O) groups is 1. The van der Waals surface area contributed by atoms with Gasteiger partial charge >= 0.3 is 0 Å². The van der Waals surface area contributed by atoms with Crippen LogP contribution in [0.1, 0.15) is 36.1 Å². The van der Waals surface area contributed by atoms with E-state index in [1.165, 1.54) is 12.3 Å². The zero-order valence-electron chi connectivity index (χ0n) is 17.9. The van der Waals surface area contributed by atoms with Gasteiger partial charge in [0.05, 0.1) is 16.3 Å². The van der Waals surface area contributed by atoms with Crippen LogP contribution in [0.4, 0.5) is 13.2 Å². The van der Waals surface area contributed by atoms with Crippen molar-refractivity contribution in [1.29, 1.82) is 0 Å². The Labute approximate surface area is 193 Å². The maximum atomic E-state index is 14.4. The predicted molar refractivity (Wildman–Crippen MR) is 121 cm³/mol. The van der Waals surface area contributed by atoms with E-state index in [1.54, 1.807) is 18.3 Å². The molecule has 0 aliphatic heterocycles. The van der Waals surface area contributed by atoms with Gasteiger partial charge in [-0.05, 0) is 26.0 Å². The second-order valence-corrected chi connectivity index (χ2v) is 8.22. The minimum absolute atomic E-state index is 0.0713. The number of hydrogen-bond acceptors (Lipinski definition) is 3. The molecule has 2 heterocycles. The van der Waals surface area contributed by atoms with Crippen LogP contribution in [0.25, 0.3) is 22.0 Å². The van der Waals surface area contributed by atoms with Crippen molar-refractivity contribution in [3.63, 3.8) is 0 Å². The molecule has 0 aliphatic carbocycles. The van der Waals surface area contributed by atoms with Gasteiger partial charge in [-0.1, -0.05) is 17.7 Å². The Morgan fingerprint density at radius 2 is 1.82 bits per heavy atom. The first-order valence-electron chi connectivity index (χ1n) is 10.3. The topological polar surface area (TPSA) is 59.8 Å². The molecule has 0 radical (unpaired) electrons. The van der Waals surface area contributed by atoms with Crippen LogP contribution in [0.5, 0.6) is 0 Å². The summed E-state index contributed by atoms with van der Waals surface area (Å²) >= 11 is 6.21. The van der Waals surface area contributed by atoms with Gasteiger partial charge in [0.15, 0.2) is 0 Å². The summed E-state index contributed by atoms with van der Waals surface area (Å²) in [6.07, 6.45) is 5.40. The highest BCUT2D eigenvalue weighted by molar-refractivity contribution is 6.35. The molecule has 0 atom stereocenters. The van der Waals surface area contributed by atoms with Crippen LogP contribution in [-0.4, -0.2) is 27.0 Å². The molecule has 0 saturated heterocycles. The number of nitrogens with zero attached hydrogens (tertiary/aromatic N) is 3. The molecular weight excluding hydrogens is 453 g/mol. The highest BCUT2D eigenvalue weighted by Crippen LogP contribution is 2.34. The van der Waals surface area contributed by atoms with E-state index in [9.17, 15) is 18.0 Å². The van der Waals surface area contributed by atoms with Crippen LogP contribution in [0.15, 0.2) is 48.9 Å². The lowest BCUT2D eigenvalue weighted by molar-refractivity contribution is 0.0954. The number of aromatic nitrogens is 3. The minimum atomic E-state index is -1.10. The van der Waals surface area contributed by atoms with Gasteiger partial charge in [-0.15, -0.1) is 0 Å². The lowest BCUT2D eigenvalue weighted by Crippen LogP contribution is -2.26. The summed E-state index contributed by atoms with van der Waals surface area (Å²) in [6, 6.07) is 6.04. The molecule has 33 heavy (non-hydrogen) atoms. The average molecular weight is 473 g/mol. The zero-order valence-corrected chi connectivity index (χ0v) is 18.6. The molecule has 2 aromatic heterocycles. The molecule has 0 saturated carbocycles. The smallest absolute Gasteiger partial charge is 0.251 e. The van der Waals surface area contributed by atoms with E-state index in [2.05, 4.69) is 15.3 Å². The van der Waals surface area contributed by atoms with Crippen molar-refractivity contribution in [3.8, 4) is 11.3 Å². The summed E-state index contributed by atoms with van der Waals surface area (Å²) in [5, 5.41) is 3.81. The molecule has 0 aliphatic rings. The highest BCUT2D eigenvalue weighted by atomic mass is 35.5. The standard InChI is InChI=1S/C24H20ClF3N4O/c1-13(2)32-8-7-29-21(32)5-6-30-24(33)14-3-4-16-17(9-14)23(31-12-18(16)25)22-19(27)10-15(26)11-20(22)28/h3-4,7-13H,5-6H2,1-2H3,(H,30,33). The lowest BCUT2D eigenvalue weighted by Gasteiger charge is -2.13. The Morgan fingerprint density at radius 3 is 2.52 bits per heavy atom. The molecule has 4 aromatic rings. The van der Waals surface area contributed by atoms with Crippen molar-refractivity contribution < 1.29 is 18.0 Å². The molecule has 9 heteroatoms. The van der Waals surface area contributed by atoms with Crippen LogP contribution < -0.4 is 5.32 Å². The van der Waals surface area contributed by atoms with E-state index in [-0.39, 0.29) is 33.6 Å². The number of halogens is 4. The third kappa shape index (κ3) is 4.57. The van der Waals surface area contributed by atoms with E-state index in [0.29, 0.717) is 30.5 Å². The molecule has 2 aromatic carbocycles. The van der Waals surface area contributed by atoms with Gasteiger partial charge in [-0.2, -0.15) is 0 Å². The maximum Gasteiger partial charge on any atom is 0.251 e. The van der Waals surface area contributed by atoms with Crippen molar-refractivity contribution in [2.24, 2.45) is 0 Å². The summed E-state index contributed by atoms with van der Waals surface area (Å²) in [5.74, 6) is -2.75. The molecule has 0 fully saturated rings. The van der Waals surface area contributed by atoms with Crippen LogP contribution in [0, 0.1) is 17.5 Å². The second-order valence-electron chi connectivity index (χ2n) is 7.81. The van der Waals surface area contributed by atoms with Gasteiger partial charge in [0, 0.05) is 66.1 Å². The number of fused-ring (bicyclic) bond motifs is 1. The number of rotatable bonds is 6. The molecule has 0 unspecified atom stereocenters. The zero-order chi connectivity index (χ0) is 23.7. The number of hydrogen-bond donors (Lipinski definition) is 1. The first-order valence-corrected chi connectivity index (χ1v) is 10.7. The summed E-state index contributed by atoms with van der Waals surface area (Å²) in [7, 11) is 0. The fourth-order valence-electron chi connectivity index (χ4n) is 3.72. The highest BCUT2D eigenvalue weighted by Gasteiger charge is 2.19. The fourth-order valence-corrected chi connectivity index (χ4v) is 3.93. The van der Waals surface area contributed by atoms with Crippen LogP contribution in [-0.2, 0) is 6.42 Å². The van der Waals surface area contributed by atoms with Crippen LogP contribution in [0.3, 0.4) is 0 Å². The average Bonchev–Trinajstić information content (AvgIpc) is 3.23. The van der Waals surface area contributed by atoms with Crippen LogP contribution in [0.2, 0.25) is 5.02 Å². The Balaban J connectivity index is 1.64. The Bertz CT molecular complexity index is 1330. The molecule has 1 N–H and O–H groups in total. The third-order valence-electron chi connectivity index (χ3n) is 5.28. The van der Waals surface area contributed by atoms with Crippen molar-refractivity contribution in [1.82, 2.24) is 19.9 Å². The lowest BCUT2D eigenvalue weighted by atomic mass is 10.0. The Hall–Kier alpha value is -3.39. The second kappa shape index (κ2) is 9.23. The number of benzene rings is 2. The van der Waals surface area contributed by atoms with E-state index in [1.807, 2.05) is 24.6 Å². The van der Waals surface area contributed by atoms with Gasteiger partial charge in [0.25, 0.3) is 5.91 Å². The molecular formula is C24H20ClF3N4O. The van der Waals surface area contributed by atoms with Gasteiger partial charge in [0.2, 0.25) is 0 Å². The van der Waals surface area contributed by atoms with Gasteiger partial charge in [-0.3, -0.25) is 9.78 Å². The molecule has 5 nitrogen and oxygen atoms in total. The summed E-state index contributed by atoms with van der Waals surface area (Å²) in [5.41, 5.74) is -0.294. The molecule has 170 valence electrons. The Kier molecular flexibility index (Phi) is 6.37. The predicted octanol–water partition coefficient (Wildman–Crippen LogP) is 5.72. The number of amides is 1. The van der Waals surface area contributed by atoms with E-state index in [4.69, 9.17) is 11.6 Å². The van der Waals surface area contributed by atoms with E-state index in [0.717, 1.165) is 5.82 Å². The van der Waals surface area contributed by atoms with Gasteiger partial charge < -0.3 is 9.88 Å². The summed E-state index contributed by atoms with van der Waals surface area (Å²) in [6.45, 7) is 4.44.